The quantitative estimate of drug-likeness (QED) is 0.325. The summed E-state index contributed by atoms with van der Waals surface area (Å²) in [4.78, 5) is 39.7. The number of carbonyl (C=O) groups is 2. The zero-order valence-corrected chi connectivity index (χ0v) is 21.3. The number of nitrogens with one attached hydrogen (secondary N) is 1. The number of pyridine rings is 1. The van der Waals surface area contributed by atoms with E-state index in [1.54, 1.807) is 49.4 Å². The topological polar surface area (TPSA) is 77.4 Å². The van der Waals surface area contributed by atoms with Crippen LogP contribution in [0.5, 0.6) is 0 Å². The Morgan fingerprint density at radius 2 is 1.58 bits per heavy atom. The van der Waals surface area contributed by atoms with Gasteiger partial charge < -0.3 is 14.6 Å². The van der Waals surface area contributed by atoms with Gasteiger partial charge in [-0.2, -0.15) is 0 Å². The SMILES string of the molecule is CCC(OC(=O)c1c(-c2ccc(Cl)cc2)c2ccccc2c(=O)n1C)C(=O)Nc1cc(C)cc(C)c1. The van der Waals surface area contributed by atoms with Gasteiger partial charge in [-0.1, -0.05) is 54.9 Å². The van der Waals surface area contributed by atoms with E-state index in [4.69, 9.17) is 16.3 Å². The maximum absolute atomic E-state index is 13.6. The number of carbonyl (C=O) groups excluding carboxylic acids is 2. The second-order valence-corrected chi connectivity index (χ2v) is 9.24. The molecule has 1 N–H and O–H groups in total. The number of hydrogen-bond donors (Lipinski definition) is 1. The highest BCUT2D eigenvalue weighted by Gasteiger charge is 2.28. The monoisotopic (exact) mass is 502 g/mol. The second kappa shape index (κ2) is 10.4. The first kappa shape index (κ1) is 25.2. The first-order valence-corrected chi connectivity index (χ1v) is 12.0. The minimum atomic E-state index is -1.04. The number of rotatable bonds is 6. The van der Waals surface area contributed by atoms with Gasteiger partial charge in [-0.15, -0.1) is 0 Å². The lowest BCUT2D eigenvalue weighted by Gasteiger charge is -2.20. The molecule has 1 atom stereocenters. The van der Waals surface area contributed by atoms with E-state index in [1.165, 1.54) is 11.6 Å². The summed E-state index contributed by atoms with van der Waals surface area (Å²) < 4.78 is 6.99. The number of ether oxygens (including phenoxy) is 1. The average molecular weight is 503 g/mol. The normalized spacial score (nSPS) is 11.8. The van der Waals surface area contributed by atoms with Gasteiger partial charge in [-0.3, -0.25) is 9.59 Å². The van der Waals surface area contributed by atoms with Gasteiger partial charge >= 0.3 is 5.97 Å². The summed E-state index contributed by atoms with van der Waals surface area (Å²) in [5.74, 6) is -1.19. The largest absolute Gasteiger partial charge is 0.448 e. The molecule has 4 rings (SSSR count). The van der Waals surface area contributed by atoms with E-state index in [-0.39, 0.29) is 17.7 Å². The number of esters is 1. The summed E-state index contributed by atoms with van der Waals surface area (Å²) in [6.45, 7) is 5.65. The van der Waals surface area contributed by atoms with Crippen molar-refractivity contribution in [1.82, 2.24) is 4.57 Å². The predicted octanol–water partition coefficient (Wildman–Crippen LogP) is 6.05. The van der Waals surface area contributed by atoms with E-state index in [0.717, 1.165) is 11.1 Å². The third kappa shape index (κ3) is 5.04. The van der Waals surface area contributed by atoms with Crippen LogP contribution >= 0.6 is 11.6 Å². The van der Waals surface area contributed by atoms with Crippen LogP contribution < -0.4 is 10.9 Å². The molecule has 0 aliphatic heterocycles. The van der Waals surface area contributed by atoms with Crippen LogP contribution in [0, 0.1) is 13.8 Å². The fourth-order valence-electron chi connectivity index (χ4n) is 4.39. The lowest BCUT2D eigenvalue weighted by atomic mass is 9.96. The lowest BCUT2D eigenvalue weighted by molar-refractivity contribution is -0.124. The molecular formula is C29H27ClN2O4. The number of nitrogens with zero attached hydrogens (tertiary/aromatic N) is 1. The summed E-state index contributed by atoms with van der Waals surface area (Å²) in [6.07, 6.45) is -0.779. The minimum Gasteiger partial charge on any atom is -0.448 e. The number of anilines is 1. The smallest absolute Gasteiger partial charge is 0.356 e. The molecule has 1 heterocycles. The third-order valence-electron chi connectivity index (χ3n) is 6.03. The fraction of sp³-hybridized carbons (Fsp3) is 0.207. The highest BCUT2D eigenvalue weighted by atomic mass is 35.5. The van der Waals surface area contributed by atoms with Crippen molar-refractivity contribution in [3.05, 3.63) is 98.9 Å². The van der Waals surface area contributed by atoms with Crippen molar-refractivity contribution < 1.29 is 14.3 Å². The Hall–Kier alpha value is -3.90. The van der Waals surface area contributed by atoms with Gasteiger partial charge in [-0.05, 0) is 72.7 Å². The molecule has 1 amide bonds. The number of amides is 1. The van der Waals surface area contributed by atoms with Crippen molar-refractivity contribution >= 4 is 39.9 Å². The van der Waals surface area contributed by atoms with Crippen LogP contribution in [0.15, 0.2) is 71.5 Å². The maximum atomic E-state index is 13.6. The third-order valence-corrected chi connectivity index (χ3v) is 6.28. The fourth-order valence-corrected chi connectivity index (χ4v) is 4.52. The van der Waals surface area contributed by atoms with Crippen molar-refractivity contribution in [3.8, 4) is 11.1 Å². The molecule has 0 spiro atoms. The van der Waals surface area contributed by atoms with Crippen LogP contribution in [0.2, 0.25) is 5.02 Å². The highest BCUT2D eigenvalue weighted by molar-refractivity contribution is 6.30. The Balaban J connectivity index is 1.75. The van der Waals surface area contributed by atoms with Gasteiger partial charge in [0.05, 0.1) is 0 Å². The minimum absolute atomic E-state index is 0.0682. The summed E-state index contributed by atoms with van der Waals surface area (Å²) in [5.41, 5.74) is 3.63. The van der Waals surface area contributed by atoms with E-state index in [9.17, 15) is 14.4 Å². The van der Waals surface area contributed by atoms with Crippen molar-refractivity contribution in [3.63, 3.8) is 0 Å². The summed E-state index contributed by atoms with van der Waals surface area (Å²) >= 11 is 6.09. The molecule has 3 aromatic carbocycles. The van der Waals surface area contributed by atoms with E-state index >= 15 is 0 Å². The zero-order valence-electron chi connectivity index (χ0n) is 20.6. The molecule has 0 bridgehead atoms. The van der Waals surface area contributed by atoms with E-state index in [1.807, 2.05) is 38.1 Å². The summed E-state index contributed by atoms with van der Waals surface area (Å²) in [5, 5.41) is 4.47. The molecule has 0 aliphatic rings. The lowest BCUT2D eigenvalue weighted by Crippen LogP contribution is -2.34. The molecule has 0 aliphatic carbocycles. The Bertz CT molecular complexity index is 1500. The molecule has 6 nitrogen and oxygen atoms in total. The van der Waals surface area contributed by atoms with Gasteiger partial charge in [0.1, 0.15) is 5.69 Å². The molecule has 184 valence electrons. The van der Waals surface area contributed by atoms with Crippen LogP contribution in [0.1, 0.15) is 35.0 Å². The molecule has 0 fully saturated rings. The van der Waals surface area contributed by atoms with E-state index in [2.05, 4.69) is 5.32 Å². The Labute approximate surface area is 214 Å². The van der Waals surface area contributed by atoms with Crippen LogP contribution in [0.4, 0.5) is 5.69 Å². The predicted molar refractivity (Wildman–Crippen MR) is 144 cm³/mol. The molecule has 0 saturated carbocycles. The van der Waals surface area contributed by atoms with Crippen LogP contribution in [-0.2, 0) is 16.6 Å². The molecule has 1 unspecified atom stereocenters. The Kier molecular flexibility index (Phi) is 7.27. The van der Waals surface area contributed by atoms with Gasteiger partial charge in [0, 0.05) is 28.7 Å². The first-order chi connectivity index (χ1) is 17.2. The van der Waals surface area contributed by atoms with Crippen molar-refractivity contribution in [2.75, 3.05) is 5.32 Å². The number of halogens is 1. The first-order valence-electron chi connectivity index (χ1n) is 11.7. The standard InChI is InChI=1S/C29H27ClN2O4/c1-5-24(27(33)31-21-15-17(2)14-18(3)16-21)36-29(35)26-25(19-10-12-20(30)13-11-19)22-8-6-7-9-23(22)28(34)32(26)4/h6-16,24H,5H2,1-4H3,(H,31,33). The molecule has 0 saturated heterocycles. The van der Waals surface area contributed by atoms with E-state index < -0.39 is 18.0 Å². The molecule has 0 radical (unpaired) electrons. The summed E-state index contributed by atoms with van der Waals surface area (Å²) in [7, 11) is 1.53. The molecule has 1 aromatic heterocycles. The molecular weight excluding hydrogens is 476 g/mol. The number of hydrogen-bond acceptors (Lipinski definition) is 4. The van der Waals surface area contributed by atoms with Gasteiger partial charge in [0.25, 0.3) is 11.5 Å². The average Bonchev–Trinajstić information content (AvgIpc) is 2.84. The van der Waals surface area contributed by atoms with Crippen LogP contribution in [0.25, 0.3) is 21.9 Å². The summed E-state index contributed by atoms with van der Waals surface area (Å²) in [6, 6.07) is 19.8. The molecule has 4 aromatic rings. The highest BCUT2D eigenvalue weighted by Crippen LogP contribution is 2.32. The van der Waals surface area contributed by atoms with Crippen molar-refractivity contribution in [1.29, 1.82) is 0 Å². The Morgan fingerprint density at radius 3 is 2.19 bits per heavy atom. The second-order valence-electron chi connectivity index (χ2n) is 8.81. The van der Waals surface area contributed by atoms with Crippen molar-refractivity contribution in [2.45, 2.75) is 33.3 Å². The van der Waals surface area contributed by atoms with Gasteiger partial charge in [0.2, 0.25) is 0 Å². The van der Waals surface area contributed by atoms with Crippen LogP contribution in [0.3, 0.4) is 0 Å². The molecule has 7 heteroatoms. The van der Waals surface area contributed by atoms with Crippen molar-refractivity contribution in [2.24, 2.45) is 7.05 Å². The molecule has 36 heavy (non-hydrogen) atoms. The number of benzene rings is 3. The number of aryl methyl sites for hydroxylation is 2. The van der Waals surface area contributed by atoms with Gasteiger partial charge in [0.15, 0.2) is 6.10 Å². The number of aromatic nitrogens is 1. The number of fused-ring (bicyclic) bond motifs is 1. The van der Waals surface area contributed by atoms with Crippen LogP contribution in [-0.4, -0.2) is 22.5 Å². The van der Waals surface area contributed by atoms with E-state index in [0.29, 0.717) is 32.6 Å². The van der Waals surface area contributed by atoms with Gasteiger partial charge in [-0.25, -0.2) is 4.79 Å². The Morgan fingerprint density at radius 1 is 0.972 bits per heavy atom. The maximum Gasteiger partial charge on any atom is 0.356 e. The zero-order chi connectivity index (χ0) is 26.0.